The van der Waals surface area contributed by atoms with Gasteiger partial charge >= 0.3 is 17.9 Å². The third-order valence-corrected chi connectivity index (χ3v) is 14.9. The van der Waals surface area contributed by atoms with Crippen LogP contribution < -0.4 is 0 Å². The van der Waals surface area contributed by atoms with Crippen LogP contribution in [0.5, 0.6) is 0 Å². The molecule has 0 amide bonds. The molecule has 6 heteroatoms. The molecular weight excluding hydrogens is 973 g/mol. The van der Waals surface area contributed by atoms with Gasteiger partial charge in [0.25, 0.3) is 0 Å². The topological polar surface area (TPSA) is 78.9 Å². The smallest absolute Gasteiger partial charge is 0.306 e. The monoisotopic (exact) mass is 1100 g/mol. The molecule has 0 aliphatic heterocycles. The molecule has 0 saturated heterocycles. The highest BCUT2D eigenvalue weighted by Gasteiger charge is 2.19. The predicted molar refractivity (Wildman–Crippen MR) is 344 cm³/mol. The number of esters is 3. The Hall–Kier alpha value is -3.41. The second-order valence-electron chi connectivity index (χ2n) is 22.7. The lowest BCUT2D eigenvalue weighted by Gasteiger charge is -2.18. The van der Waals surface area contributed by atoms with Crippen molar-refractivity contribution < 1.29 is 28.6 Å². The Kier molecular flexibility index (Phi) is 64.2. The van der Waals surface area contributed by atoms with E-state index in [-0.39, 0.29) is 31.1 Å². The fourth-order valence-corrected chi connectivity index (χ4v) is 9.86. The van der Waals surface area contributed by atoms with Gasteiger partial charge in [-0.15, -0.1) is 0 Å². The molecule has 79 heavy (non-hydrogen) atoms. The molecule has 1 unspecified atom stereocenters. The number of rotatable bonds is 62. The minimum Gasteiger partial charge on any atom is -0.462 e. The zero-order chi connectivity index (χ0) is 57.1. The number of carbonyl (C=O) groups is 3. The van der Waals surface area contributed by atoms with Crippen LogP contribution in [0.15, 0.2) is 85.1 Å². The molecule has 0 rings (SSSR count). The summed E-state index contributed by atoms with van der Waals surface area (Å²) in [5.41, 5.74) is 0. The highest BCUT2D eigenvalue weighted by atomic mass is 16.6. The van der Waals surface area contributed by atoms with Crippen LogP contribution in [0.4, 0.5) is 0 Å². The van der Waals surface area contributed by atoms with E-state index in [1.807, 2.05) is 0 Å². The molecule has 0 radical (unpaired) electrons. The third-order valence-electron chi connectivity index (χ3n) is 14.9. The largest absolute Gasteiger partial charge is 0.462 e. The molecule has 0 aromatic carbocycles. The van der Waals surface area contributed by atoms with E-state index < -0.39 is 6.10 Å². The van der Waals surface area contributed by atoms with Crippen LogP contribution >= 0.6 is 0 Å². The van der Waals surface area contributed by atoms with Crippen molar-refractivity contribution in [2.45, 2.75) is 348 Å². The summed E-state index contributed by atoms with van der Waals surface area (Å²) in [5, 5.41) is 0. The molecule has 0 spiro atoms. The van der Waals surface area contributed by atoms with Gasteiger partial charge in [-0.1, -0.05) is 318 Å². The molecule has 0 N–H and O–H groups in total. The van der Waals surface area contributed by atoms with Gasteiger partial charge in [0.1, 0.15) is 13.2 Å². The summed E-state index contributed by atoms with van der Waals surface area (Å²) in [6.45, 7) is 6.45. The van der Waals surface area contributed by atoms with Crippen molar-refractivity contribution in [2.75, 3.05) is 13.2 Å². The van der Waals surface area contributed by atoms with E-state index in [4.69, 9.17) is 14.2 Å². The lowest BCUT2D eigenvalue weighted by atomic mass is 10.0. The minimum atomic E-state index is -0.782. The summed E-state index contributed by atoms with van der Waals surface area (Å²) in [7, 11) is 0. The van der Waals surface area contributed by atoms with Crippen molar-refractivity contribution >= 4 is 17.9 Å². The van der Waals surface area contributed by atoms with Crippen molar-refractivity contribution in [2.24, 2.45) is 0 Å². The first-order valence-electron chi connectivity index (χ1n) is 34.1. The van der Waals surface area contributed by atoms with E-state index in [0.29, 0.717) is 19.3 Å². The standard InChI is InChI=1S/C73H128O6/c1-4-7-10-13-16-19-22-25-28-30-31-32-33-34-35-36-37-38-39-40-41-43-45-48-51-54-57-60-63-66-72(75)78-69-70(68-77-71(74)65-62-59-56-53-50-47-44-27-24-21-18-15-12-9-6-3)79-73(76)67-64-61-58-55-52-49-46-42-29-26-23-20-17-14-11-8-5-2/h7,9-10,12,16,18-19,21,25,27-28,31-32,44,70H,4-6,8,11,13-15,17,20,22-24,26,29-30,33-43,45-69H2,1-3H3/b10-7-,12-9-,19-16-,21-18-,28-25-,32-31-,44-27-. The molecule has 0 aliphatic rings. The number of hydrogen-bond donors (Lipinski definition) is 0. The average molecular weight is 1100 g/mol. The van der Waals surface area contributed by atoms with E-state index in [2.05, 4.69) is 106 Å². The van der Waals surface area contributed by atoms with Crippen LogP contribution in [-0.2, 0) is 28.6 Å². The number of allylic oxidation sites excluding steroid dienone is 14. The van der Waals surface area contributed by atoms with Gasteiger partial charge in [-0.3, -0.25) is 14.4 Å². The second kappa shape index (κ2) is 67.1. The number of unbranched alkanes of at least 4 members (excludes halogenated alkanes) is 37. The lowest BCUT2D eigenvalue weighted by Crippen LogP contribution is -2.30. The highest BCUT2D eigenvalue weighted by Crippen LogP contribution is 2.18. The number of carbonyl (C=O) groups excluding carboxylic acids is 3. The van der Waals surface area contributed by atoms with Crippen LogP contribution in [0.2, 0.25) is 0 Å². The molecule has 0 bridgehead atoms. The van der Waals surface area contributed by atoms with Crippen LogP contribution in [0, 0.1) is 0 Å². The molecule has 0 aromatic rings. The first kappa shape index (κ1) is 75.6. The van der Waals surface area contributed by atoms with Crippen molar-refractivity contribution in [3.05, 3.63) is 85.1 Å². The summed E-state index contributed by atoms with van der Waals surface area (Å²) < 4.78 is 17.0. The zero-order valence-corrected chi connectivity index (χ0v) is 52.4. The predicted octanol–water partition coefficient (Wildman–Crippen LogP) is 23.4. The molecule has 0 heterocycles. The fraction of sp³-hybridized carbons (Fsp3) is 0.767. The van der Waals surface area contributed by atoms with Gasteiger partial charge in [-0.25, -0.2) is 0 Å². The van der Waals surface area contributed by atoms with E-state index >= 15 is 0 Å². The maximum Gasteiger partial charge on any atom is 0.306 e. The quantitative estimate of drug-likeness (QED) is 0.0261. The number of hydrogen-bond acceptors (Lipinski definition) is 6. The first-order valence-corrected chi connectivity index (χ1v) is 34.1. The van der Waals surface area contributed by atoms with E-state index in [1.165, 1.54) is 180 Å². The molecule has 0 aromatic heterocycles. The van der Waals surface area contributed by atoms with Crippen molar-refractivity contribution in [3.63, 3.8) is 0 Å². The van der Waals surface area contributed by atoms with Gasteiger partial charge < -0.3 is 14.2 Å². The molecule has 0 aliphatic carbocycles. The molecule has 0 fully saturated rings. The summed E-state index contributed by atoms with van der Waals surface area (Å²) in [4.78, 5) is 38.4. The van der Waals surface area contributed by atoms with Gasteiger partial charge in [-0.05, 0) is 89.9 Å². The van der Waals surface area contributed by atoms with Gasteiger partial charge in [0, 0.05) is 19.3 Å². The Labute approximate surface area is 490 Å². The zero-order valence-electron chi connectivity index (χ0n) is 52.4. The normalized spacial score (nSPS) is 12.6. The Bertz CT molecular complexity index is 1500. The van der Waals surface area contributed by atoms with Crippen LogP contribution in [0.25, 0.3) is 0 Å². The van der Waals surface area contributed by atoms with Crippen molar-refractivity contribution in [1.29, 1.82) is 0 Å². The van der Waals surface area contributed by atoms with Crippen LogP contribution in [0.3, 0.4) is 0 Å². The van der Waals surface area contributed by atoms with Crippen LogP contribution in [0.1, 0.15) is 342 Å². The Morgan fingerprint density at radius 3 is 0.772 bits per heavy atom. The van der Waals surface area contributed by atoms with Gasteiger partial charge in [0.2, 0.25) is 0 Å². The molecule has 456 valence electrons. The average Bonchev–Trinajstić information content (AvgIpc) is 3.45. The molecule has 1 atom stereocenters. The molecular formula is C73H128O6. The summed E-state index contributed by atoms with van der Waals surface area (Å²) in [6.07, 6.45) is 88.9. The Morgan fingerprint density at radius 2 is 0.494 bits per heavy atom. The Morgan fingerprint density at radius 1 is 0.266 bits per heavy atom. The Balaban J connectivity index is 4.24. The van der Waals surface area contributed by atoms with Crippen LogP contribution in [-0.4, -0.2) is 37.2 Å². The van der Waals surface area contributed by atoms with E-state index in [1.54, 1.807) is 0 Å². The lowest BCUT2D eigenvalue weighted by molar-refractivity contribution is -0.167. The van der Waals surface area contributed by atoms with Gasteiger partial charge in [0.05, 0.1) is 0 Å². The summed E-state index contributed by atoms with van der Waals surface area (Å²) >= 11 is 0. The molecule has 6 nitrogen and oxygen atoms in total. The first-order chi connectivity index (χ1) is 39.0. The molecule has 0 saturated carbocycles. The van der Waals surface area contributed by atoms with E-state index in [0.717, 1.165) is 122 Å². The maximum atomic E-state index is 12.9. The minimum absolute atomic E-state index is 0.0777. The SMILES string of the molecule is CC/C=C\C/C=C\C/C=C\C/C=C\CCCCCCCCCCCCCCCCCCC(=O)OCC(COC(=O)CCCCCCC/C=C\C/C=C\C/C=C\CC)OC(=O)CCCCCCCCCCCCCCCCCCC. The fourth-order valence-electron chi connectivity index (χ4n) is 9.86. The second-order valence-corrected chi connectivity index (χ2v) is 22.7. The van der Waals surface area contributed by atoms with Crippen molar-refractivity contribution in [3.8, 4) is 0 Å². The summed E-state index contributed by atoms with van der Waals surface area (Å²) in [6, 6.07) is 0. The summed E-state index contributed by atoms with van der Waals surface area (Å²) in [5.74, 6) is -0.876. The highest BCUT2D eigenvalue weighted by molar-refractivity contribution is 5.71. The van der Waals surface area contributed by atoms with Crippen molar-refractivity contribution in [1.82, 2.24) is 0 Å². The third kappa shape index (κ3) is 65.3. The van der Waals surface area contributed by atoms with E-state index in [9.17, 15) is 14.4 Å². The number of ether oxygens (including phenoxy) is 3. The van der Waals surface area contributed by atoms with Gasteiger partial charge in [-0.2, -0.15) is 0 Å². The van der Waals surface area contributed by atoms with Gasteiger partial charge in [0.15, 0.2) is 6.10 Å². The maximum absolute atomic E-state index is 12.9.